The van der Waals surface area contributed by atoms with Gasteiger partial charge in [-0.2, -0.15) is 0 Å². The summed E-state index contributed by atoms with van der Waals surface area (Å²) in [6.07, 6.45) is 2.06. The van der Waals surface area contributed by atoms with Gasteiger partial charge in [-0.05, 0) is 24.0 Å². The van der Waals surface area contributed by atoms with E-state index in [1.165, 1.54) is 15.0 Å². The number of anilines is 1. The van der Waals surface area contributed by atoms with Gasteiger partial charge in [-0.25, -0.2) is 0 Å². The van der Waals surface area contributed by atoms with Gasteiger partial charge in [0.2, 0.25) is 0 Å². The van der Waals surface area contributed by atoms with Crippen LogP contribution >= 0.6 is 34.7 Å². The molecule has 14 heavy (non-hydrogen) atoms. The number of thioether (sulfide) groups is 1. The summed E-state index contributed by atoms with van der Waals surface area (Å²) >= 11 is 9.22. The van der Waals surface area contributed by atoms with Crippen molar-refractivity contribution in [1.82, 2.24) is 0 Å². The van der Waals surface area contributed by atoms with Gasteiger partial charge in [0.1, 0.15) is 0 Å². The zero-order valence-electron chi connectivity index (χ0n) is 7.71. The van der Waals surface area contributed by atoms with Crippen LogP contribution in [0.3, 0.4) is 0 Å². The molecule has 0 atom stereocenters. The minimum atomic E-state index is 0.557. The third-order valence-electron chi connectivity index (χ3n) is 2.10. The smallest absolute Gasteiger partial charge is 0.0514 e. The molecular formula is C10H10ClNS2. The molecule has 0 saturated carbocycles. The van der Waals surface area contributed by atoms with E-state index >= 15 is 0 Å². The van der Waals surface area contributed by atoms with Gasteiger partial charge in [-0.1, -0.05) is 0 Å². The molecule has 2 aromatic rings. The average molecular weight is 244 g/mol. The average Bonchev–Trinajstić information content (AvgIpc) is 2.59. The highest BCUT2D eigenvalue weighted by Crippen LogP contribution is 2.36. The standard InChI is InChI=1S/C10H10ClNS2/c1-13-8-2-6(4-11)3-9-10(8)7(12)5-14-9/h2-3,5H,4,12H2,1H3. The molecule has 1 nitrogen and oxygen atoms in total. The van der Waals surface area contributed by atoms with Crippen molar-refractivity contribution in [2.45, 2.75) is 10.8 Å². The van der Waals surface area contributed by atoms with Gasteiger partial charge in [0.15, 0.2) is 0 Å². The minimum absolute atomic E-state index is 0.557. The molecule has 0 aliphatic carbocycles. The lowest BCUT2D eigenvalue weighted by atomic mass is 10.2. The molecule has 74 valence electrons. The fourth-order valence-electron chi connectivity index (χ4n) is 1.45. The first-order chi connectivity index (χ1) is 6.76. The first-order valence-electron chi connectivity index (χ1n) is 4.16. The normalized spacial score (nSPS) is 11.0. The Morgan fingerprint density at radius 3 is 2.93 bits per heavy atom. The Morgan fingerprint density at radius 1 is 1.50 bits per heavy atom. The lowest BCUT2D eigenvalue weighted by Gasteiger charge is -2.03. The van der Waals surface area contributed by atoms with Gasteiger partial charge in [-0.3, -0.25) is 0 Å². The Bertz CT molecular complexity index is 464. The summed E-state index contributed by atoms with van der Waals surface area (Å²) in [5.74, 6) is 0.557. The Kier molecular flexibility index (Phi) is 2.91. The molecule has 1 aromatic heterocycles. The van der Waals surface area contributed by atoms with E-state index in [1.54, 1.807) is 23.1 Å². The highest BCUT2D eigenvalue weighted by molar-refractivity contribution is 7.98. The largest absolute Gasteiger partial charge is 0.398 e. The van der Waals surface area contributed by atoms with Crippen LogP contribution in [0.5, 0.6) is 0 Å². The number of hydrogen-bond donors (Lipinski definition) is 1. The predicted octanol–water partition coefficient (Wildman–Crippen LogP) is 3.94. The molecule has 0 amide bonds. The van der Waals surface area contributed by atoms with Crippen LogP contribution in [-0.4, -0.2) is 6.26 Å². The molecule has 0 saturated heterocycles. The van der Waals surface area contributed by atoms with Gasteiger partial charge < -0.3 is 5.73 Å². The SMILES string of the molecule is CSc1cc(CCl)cc2scc(N)c12. The number of alkyl halides is 1. The molecule has 2 N–H and O–H groups in total. The van der Waals surface area contributed by atoms with Crippen molar-refractivity contribution >= 4 is 50.5 Å². The molecule has 0 radical (unpaired) electrons. The lowest BCUT2D eigenvalue weighted by molar-refractivity contribution is 1.38. The number of fused-ring (bicyclic) bond motifs is 1. The van der Waals surface area contributed by atoms with Crippen LogP contribution < -0.4 is 5.73 Å². The topological polar surface area (TPSA) is 26.0 Å². The fourth-order valence-corrected chi connectivity index (χ4v) is 3.30. The van der Waals surface area contributed by atoms with E-state index in [0.717, 1.165) is 11.3 Å². The Morgan fingerprint density at radius 2 is 2.29 bits per heavy atom. The second kappa shape index (κ2) is 4.01. The van der Waals surface area contributed by atoms with E-state index in [0.29, 0.717) is 5.88 Å². The summed E-state index contributed by atoms with van der Waals surface area (Å²) in [4.78, 5) is 1.22. The molecule has 0 fully saturated rings. The van der Waals surface area contributed by atoms with Crippen LogP contribution in [0.2, 0.25) is 0 Å². The van der Waals surface area contributed by atoms with Crippen LogP contribution in [-0.2, 0) is 5.88 Å². The summed E-state index contributed by atoms with van der Waals surface area (Å²) < 4.78 is 1.23. The van der Waals surface area contributed by atoms with Crippen molar-refractivity contribution < 1.29 is 0 Å². The maximum atomic E-state index is 5.91. The number of halogens is 1. The molecule has 1 aromatic carbocycles. The molecule has 0 unspecified atom stereocenters. The highest BCUT2D eigenvalue weighted by atomic mass is 35.5. The Balaban J connectivity index is 2.76. The molecule has 2 rings (SSSR count). The summed E-state index contributed by atoms with van der Waals surface area (Å²) in [6, 6.07) is 4.23. The molecular weight excluding hydrogens is 234 g/mol. The van der Waals surface area contributed by atoms with Crippen molar-refractivity contribution in [3.63, 3.8) is 0 Å². The number of thiophene rings is 1. The van der Waals surface area contributed by atoms with Gasteiger partial charge in [0.25, 0.3) is 0 Å². The predicted molar refractivity (Wildman–Crippen MR) is 67.6 cm³/mol. The fraction of sp³-hybridized carbons (Fsp3) is 0.200. The van der Waals surface area contributed by atoms with Crippen LogP contribution in [0.25, 0.3) is 10.1 Å². The number of benzene rings is 1. The Labute approximate surface area is 96.2 Å². The third kappa shape index (κ3) is 1.60. The molecule has 0 aliphatic heterocycles. The minimum Gasteiger partial charge on any atom is -0.398 e. The zero-order valence-corrected chi connectivity index (χ0v) is 10.1. The van der Waals surface area contributed by atoms with Crippen molar-refractivity contribution in [2.24, 2.45) is 0 Å². The van der Waals surface area contributed by atoms with Crippen LogP contribution in [0.1, 0.15) is 5.56 Å². The van der Waals surface area contributed by atoms with E-state index in [-0.39, 0.29) is 0 Å². The van der Waals surface area contributed by atoms with E-state index in [4.69, 9.17) is 17.3 Å². The Hall–Kier alpha value is -0.380. The highest BCUT2D eigenvalue weighted by Gasteiger charge is 2.07. The van der Waals surface area contributed by atoms with E-state index in [2.05, 4.69) is 18.4 Å². The van der Waals surface area contributed by atoms with Gasteiger partial charge in [-0.15, -0.1) is 34.7 Å². The number of hydrogen-bond acceptors (Lipinski definition) is 3. The monoisotopic (exact) mass is 243 g/mol. The van der Waals surface area contributed by atoms with Gasteiger partial charge in [0, 0.05) is 26.2 Å². The van der Waals surface area contributed by atoms with Crippen LogP contribution in [0, 0.1) is 0 Å². The lowest BCUT2D eigenvalue weighted by Crippen LogP contribution is -1.85. The van der Waals surface area contributed by atoms with Crippen LogP contribution in [0.15, 0.2) is 22.4 Å². The summed E-state index contributed by atoms with van der Waals surface area (Å²) in [5, 5.41) is 3.17. The molecule has 4 heteroatoms. The van der Waals surface area contributed by atoms with E-state index < -0.39 is 0 Å². The molecule has 0 aliphatic rings. The van der Waals surface area contributed by atoms with Gasteiger partial charge >= 0.3 is 0 Å². The van der Waals surface area contributed by atoms with E-state index in [1.807, 2.05) is 5.38 Å². The summed E-state index contributed by atoms with van der Waals surface area (Å²) in [6.45, 7) is 0. The molecule has 0 spiro atoms. The van der Waals surface area contributed by atoms with Crippen molar-refractivity contribution in [3.05, 3.63) is 23.1 Å². The van der Waals surface area contributed by atoms with E-state index in [9.17, 15) is 0 Å². The number of nitrogen functional groups attached to an aromatic ring is 1. The zero-order chi connectivity index (χ0) is 10.1. The second-order valence-electron chi connectivity index (χ2n) is 3.00. The van der Waals surface area contributed by atoms with Crippen molar-refractivity contribution in [2.75, 3.05) is 12.0 Å². The summed E-state index contributed by atoms with van der Waals surface area (Å²) in [5.41, 5.74) is 7.94. The quantitative estimate of drug-likeness (QED) is 0.639. The molecule has 0 bridgehead atoms. The number of rotatable bonds is 2. The first kappa shape index (κ1) is 10.1. The second-order valence-corrected chi connectivity index (χ2v) is 5.02. The maximum Gasteiger partial charge on any atom is 0.0514 e. The van der Waals surface area contributed by atoms with Gasteiger partial charge in [0.05, 0.1) is 5.69 Å². The number of nitrogens with two attached hydrogens (primary N) is 1. The maximum absolute atomic E-state index is 5.91. The van der Waals surface area contributed by atoms with Crippen molar-refractivity contribution in [1.29, 1.82) is 0 Å². The van der Waals surface area contributed by atoms with Crippen LogP contribution in [0.4, 0.5) is 5.69 Å². The van der Waals surface area contributed by atoms with Crippen molar-refractivity contribution in [3.8, 4) is 0 Å². The first-order valence-corrected chi connectivity index (χ1v) is 6.79. The molecule has 1 heterocycles. The third-order valence-corrected chi connectivity index (χ3v) is 4.12. The summed E-state index contributed by atoms with van der Waals surface area (Å²) in [7, 11) is 0.